The summed E-state index contributed by atoms with van der Waals surface area (Å²) in [4.78, 5) is 4.45. The van der Waals surface area contributed by atoms with Crippen LogP contribution in [0.1, 0.15) is 18.4 Å². The number of benzene rings is 1. The Labute approximate surface area is 141 Å². The molecule has 0 bridgehead atoms. The van der Waals surface area contributed by atoms with Crippen molar-refractivity contribution in [1.82, 2.24) is 9.29 Å². The SMILES string of the molecule is Cc1c(Cl)cccc1Nc1ccc(S(=O)(=O)N2CCCC2)cn1. The van der Waals surface area contributed by atoms with E-state index in [1.54, 1.807) is 12.1 Å². The molecule has 0 atom stereocenters. The molecule has 2 aromatic rings. The topological polar surface area (TPSA) is 62.3 Å². The van der Waals surface area contributed by atoms with Crippen LogP contribution in [0.5, 0.6) is 0 Å². The minimum Gasteiger partial charge on any atom is -0.340 e. The van der Waals surface area contributed by atoms with Crippen LogP contribution in [-0.4, -0.2) is 30.8 Å². The van der Waals surface area contributed by atoms with E-state index in [-0.39, 0.29) is 4.90 Å². The Hall–Kier alpha value is -1.63. The molecule has 0 saturated carbocycles. The van der Waals surface area contributed by atoms with Crippen LogP contribution in [0.4, 0.5) is 11.5 Å². The van der Waals surface area contributed by atoms with Crippen molar-refractivity contribution in [2.45, 2.75) is 24.7 Å². The van der Waals surface area contributed by atoms with Gasteiger partial charge >= 0.3 is 0 Å². The third kappa shape index (κ3) is 3.34. The summed E-state index contributed by atoms with van der Waals surface area (Å²) in [7, 11) is -3.42. The molecule has 2 heterocycles. The van der Waals surface area contributed by atoms with Crippen molar-refractivity contribution in [3.8, 4) is 0 Å². The summed E-state index contributed by atoms with van der Waals surface area (Å²) in [6.07, 6.45) is 3.23. The fourth-order valence-electron chi connectivity index (χ4n) is 2.57. The van der Waals surface area contributed by atoms with Crippen LogP contribution in [0.25, 0.3) is 0 Å². The van der Waals surface area contributed by atoms with E-state index in [1.807, 2.05) is 25.1 Å². The van der Waals surface area contributed by atoms with E-state index in [0.29, 0.717) is 23.9 Å². The van der Waals surface area contributed by atoms with Gasteiger partial charge in [0.15, 0.2) is 0 Å². The number of nitrogens with zero attached hydrogens (tertiary/aromatic N) is 2. The minimum absolute atomic E-state index is 0.229. The molecule has 1 aromatic heterocycles. The molecule has 0 amide bonds. The first kappa shape index (κ1) is 16.2. The maximum Gasteiger partial charge on any atom is 0.244 e. The number of aromatic nitrogens is 1. The van der Waals surface area contributed by atoms with Gasteiger partial charge in [-0.3, -0.25) is 0 Å². The Morgan fingerprint density at radius 3 is 2.57 bits per heavy atom. The zero-order chi connectivity index (χ0) is 16.4. The number of hydrogen-bond donors (Lipinski definition) is 1. The van der Waals surface area contributed by atoms with Crippen molar-refractivity contribution < 1.29 is 8.42 Å². The summed E-state index contributed by atoms with van der Waals surface area (Å²) in [6, 6.07) is 8.83. The first-order chi connectivity index (χ1) is 11.0. The van der Waals surface area contributed by atoms with Crippen LogP contribution in [0, 0.1) is 6.92 Å². The van der Waals surface area contributed by atoms with Crippen LogP contribution in [0.3, 0.4) is 0 Å². The summed E-state index contributed by atoms with van der Waals surface area (Å²) in [6.45, 7) is 3.09. The molecule has 122 valence electrons. The van der Waals surface area contributed by atoms with Gasteiger partial charge in [-0.05, 0) is 49.6 Å². The molecule has 1 N–H and O–H groups in total. The first-order valence-electron chi connectivity index (χ1n) is 7.47. The number of nitrogens with one attached hydrogen (secondary N) is 1. The van der Waals surface area contributed by atoms with Gasteiger partial charge in [0.05, 0.1) is 0 Å². The van der Waals surface area contributed by atoms with E-state index in [0.717, 1.165) is 24.1 Å². The largest absolute Gasteiger partial charge is 0.340 e. The lowest BCUT2D eigenvalue weighted by molar-refractivity contribution is 0.477. The fraction of sp³-hybridized carbons (Fsp3) is 0.312. The molecule has 1 aliphatic heterocycles. The van der Waals surface area contributed by atoms with Gasteiger partial charge in [-0.2, -0.15) is 4.31 Å². The van der Waals surface area contributed by atoms with E-state index in [4.69, 9.17) is 11.6 Å². The summed E-state index contributed by atoms with van der Waals surface area (Å²) >= 11 is 6.09. The van der Waals surface area contributed by atoms with Gasteiger partial charge in [0, 0.05) is 30.0 Å². The molecule has 5 nitrogen and oxygen atoms in total. The molecule has 7 heteroatoms. The highest BCUT2D eigenvalue weighted by Crippen LogP contribution is 2.26. The Morgan fingerprint density at radius 2 is 1.91 bits per heavy atom. The van der Waals surface area contributed by atoms with Crippen molar-refractivity contribution in [1.29, 1.82) is 0 Å². The Balaban J connectivity index is 1.81. The highest BCUT2D eigenvalue weighted by molar-refractivity contribution is 7.89. The van der Waals surface area contributed by atoms with Crippen LogP contribution >= 0.6 is 11.6 Å². The zero-order valence-electron chi connectivity index (χ0n) is 12.8. The summed E-state index contributed by atoms with van der Waals surface area (Å²) in [5.74, 6) is 0.579. The number of halogens is 1. The Morgan fingerprint density at radius 1 is 1.17 bits per heavy atom. The second kappa shape index (κ2) is 6.47. The molecule has 1 aliphatic rings. The number of anilines is 2. The van der Waals surface area contributed by atoms with Crippen LogP contribution in [0.2, 0.25) is 5.02 Å². The molecule has 0 radical (unpaired) electrons. The third-order valence-electron chi connectivity index (χ3n) is 3.97. The van der Waals surface area contributed by atoms with E-state index < -0.39 is 10.0 Å². The molecule has 1 saturated heterocycles. The van der Waals surface area contributed by atoms with Gasteiger partial charge in [0.25, 0.3) is 0 Å². The minimum atomic E-state index is -3.42. The fourth-order valence-corrected chi connectivity index (χ4v) is 4.20. The lowest BCUT2D eigenvalue weighted by atomic mass is 10.2. The van der Waals surface area contributed by atoms with Gasteiger partial charge in [0.2, 0.25) is 10.0 Å². The van der Waals surface area contributed by atoms with Gasteiger partial charge in [-0.15, -0.1) is 0 Å². The maximum absolute atomic E-state index is 12.5. The second-order valence-corrected chi connectivity index (χ2v) is 7.87. The first-order valence-corrected chi connectivity index (χ1v) is 9.28. The lowest BCUT2D eigenvalue weighted by Gasteiger charge is -2.15. The molecule has 0 aliphatic carbocycles. The Kier molecular flexibility index (Phi) is 4.57. The van der Waals surface area contributed by atoms with Crippen molar-refractivity contribution in [2.75, 3.05) is 18.4 Å². The molecule has 0 unspecified atom stereocenters. The van der Waals surface area contributed by atoms with Gasteiger partial charge in [-0.1, -0.05) is 17.7 Å². The number of rotatable bonds is 4. The van der Waals surface area contributed by atoms with Gasteiger partial charge in [0.1, 0.15) is 10.7 Å². The molecule has 23 heavy (non-hydrogen) atoms. The number of hydrogen-bond acceptors (Lipinski definition) is 4. The lowest BCUT2D eigenvalue weighted by Crippen LogP contribution is -2.27. The summed E-state index contributed by atoms with van der Waals surface area (Å²) in [5.41, 5.74) is 1.77. The summed E-state index contributed by atoms with van der Waals surface area (Å²) in [5, 5.41) is 3.83. The average Bonchev–Trinajstić information content (AvgIpc) is 3.08. The van der Waals surface area contributed by atoms with Crippen molar-refractivity contribution >= 4 is 33.1 Å². The van der Waals surface area contributed by atoms with Crippen molar-refractivity contribution in [3.05, 3.63) is 47.1 Å². The molecule has 1 fully saturated rings. The van der Waals surface area contributed by atoms with E-state index in [2.05, 4.69) is 10.3 Å². The average molecular weight is 352 g/mol. The zero-order valence-corrected chi connectivity index (χ0v) is 14.4. The molecular weight excluding hydrogens is 334 g/mol. The number of sulfonamides is 1. The predicted molar refractivity (Wildman–Crippen MR) is 91.7 cm³/mol. The maximum atomic E-state index is 12.5. The summed E-state index contributed by atoms with van der Waals surface area (Å²) < 4.78 is 26.4. The normalized spacial score (nSPS) is 15.7. The predicted octanol–water partition coefficient (Wildman–Crippen LogP) is 3.57. The molecular formula is C16H18ClN3O2S. The van der Waals surface area contributed by atoms with Gasteiger partial charge < -0.3 is 5.32 Å². The monoisotopic (exact) mass is 351 g/mol. The highest BCUT2D eigenvalue weighted by Gasteiger charge is 2.27. The molecule has 3 rings (SSSR count). The van der Waals surface area contributed by atoms with Crippen LogP contribution < -0.4 is 5.32 Å². The van der Waals surface area contributed by atoms with E-state index in [9.17, 15) is 8.42 Å². The van der Waals surface area contributed by atoms with Crippen LogP contribution in [0.15, 0.2) is 41.4 Å². The standard InChI is InChI=1S/C16H18ClN3O2S/c1-12-14(17)5-4-6-15(12)19-16-8-7-13(11-18-16)23(21,22)20-9-2-3-10-20/h4-8,11H,2-3,9-10H2,1H3,(H,18,19). The van der Waals surface area contributed by atoms with E-state index in [1.165, 1.54) is 10.5 Å². The molecule has 1 aromatic carbocycles. The van der Waals surface area contributed by atoms with E-state index >= 15 is 0 Å². The smallest absolute Gasteiger partial charge is 0.244 e. The van der Waals surface area contributed by atoms with Gasteiger partial charge in [-0.25, -0.2) is 13.4 Å². The van der Waals surface area contributed by atoms with Crippen molar-refractivity contribution in [2.24, 2.45) is 0 Å². The second-order valence-electron chi connectivity index (χ2n) is 5.53. The van der Waals surface area contributed by atoms with Crippen molar-refractivity contribution in [3.63, 3.8) is 0 Å². The molecule has 0 spiro atoms. The highest BCUT2D eigenvalue weighted by atomic mass is 35.5. The number of pyridine rings is 1. The quantitative estimate of drug-likeness (QED) is 0.914. The van der Waals surface area contributed by atoms with Crippen LogP contribution in [-0.2, 0) is 10.0 Å². The third-order valence-corrected chi connectivity index (χ3v) is 6.26. The Bertz CT molecular complexity index is 801.